The highest BCUT2D eigenvalue weighted by Gasteiger charge is 2.22. The highest BCUT2D eigenvalue weighted by atomic mass is 79.9. The first-order valence-electron chi connectivity index (χ1n) is 5.20. The summed E-state index contributed by atoms with van der Waals surface area (Å²) in [5, 5.41) is 0. The van der Waals surface area contributed by atoms with Gasteiger partial charge in [-0.2, -0.15) is 0 Å². The summed E-state index contributed by atoms with van der Waals surface area (Å²) in [7, 11) is 0. The molecule has 82 valence electrons. The van der Waals surface area contributed by atoms with Crippen molar-refractivity contribution in [2.75, 3.05) is 0 Å². The molecule has 0 aromatic heterocycles. The van der Waals surface area contributed by atoms with Crippen LogP contribution < -0.4 is 0 Å². The van der Waals surface area contributed by atoms with Crippen molar-refractivity contribution in [3.63, 3.8) is 0 Å². The quantitative estimate of drug-likeness (QED) is 0.584. The predicted molar refractivity (Wildman–Crippen MR) is 66.0 cm³/mol. The standard InChI is InChI=1S/C13H11BrO2/c14-10-6-4-9(5-7-10)8-11-12(15)2-1-3-13(11)16/h4-8H,1-3H2. The van der Waals surface area contributed by atoms with Crippen LogP contribution in [-0.4, -0.2) is 11.6 Å². The van der Waals surface area contributed by atoms with Crippen LogP contribution in [0.4, 0.5) is 0 Å². The lowest BCUT2D eigenvalue weighted by molar-refractivity contribution is -0.123. The second kappa shape index (κ2) is 4.74. The number of rotatable bonds is 1. The van der Waals surface area contributed by atoms with Crippen LogP contribution in [0.3, 0.4) is 0 Å². The Bertz CT molecular complexity index is 439. The van der Waals surface area contributed by atoms with E-state index in [-0.39, 0.29) is 11.6 Å². The van der Waals surface area contributed by atoms with Crippen molar-refractivity contribution in [2.45, 2.75) is 19.3 Å². The Hall–Kier alpha value is -1.22. The van der Waals surface area contributed by atoms with Crippen LogP contribution in [0.25, 0.3) is 6.08 Å². The average molecular weight is 279 g/mol. The van der Waals surface area contributed by atoms with E-state index in [1.165, 1.54) is 0 Å². The molecule has 2 rings (SSSR count). The van der Waals surface area contributed by atoms with Crippen LogP contribution >= 0.6 is 15.9 Å². The lowest BCUT2D eigenvalue weighted by Gasteiger charge is -2.11. The number of hydrogen-bond donors (Lipinski definition) is 0. The van der Waals surface area contributed by atoms with E-state index in [1.54, 1.807) is 6.08 Å². The van der Waals surface area contributed by atoms with Crippen LogP contribution in [0.1, 0.15) is 24.8 Å². The van der Waals surface area contributed by atoms with Crippen molar-refractivity contribution in [3.8, 4) is 0 Å². The largest absolute Gasteiger partial charge is 0.294 e. The van der Waals surface area contributed by atoms with Gasteiger partial charge in [0.05, 0.1) is 5.57 Å². The Balaban J connectivity index is 2.31. The fourth-order valence-corrected chi connectivity index (χ4v) is 1.99. The maximum absolute atomic E-state index is 11.6. The van der Waals surface area contributed by atoms with E-state index in [4.69, 9.17) is 0 Å². The number of allylic oxidation sites excluding steroid dienone is 1. The summed E-state index contributed by atoms with van der Waals surface area (Å²) in [6.07, 6.45) is 3.37. The third-order valence-electron chi connectivity index (χ3n) is 2.59. The first-order valence-corrected chi connectivity index (χ1v) is 6.00. The van der Waals surface area contributed by atoms with Gasteiger partial charge in [0.25, 0.3) is 0 Å². The zero-order valence-corrected chi connectivity index (χ0v) is 10.3. The number of halogens is 1. The van der Waals surface area contributed by atoms with E-state index in [0.29, 0.717) is 24.8 Å². The van der Waals surface area contributed by atoms with Crippen molar-refractivity contribution in [1.82, 2.24) is 0 Å². The molecule has 0 unspecified atom stereocenters. The summed E-state index contributed by atoms with van der Waals surface area (Å²) < 4.78 is 0.982. The molecule has 0 radical (unpaired) electrons. The third kappa shape index (κ3) is 2.47. The second-order valence-electron chi connectivity index (χ2n) is 3.81. The SMILES string of the molecule is O=C1CCCC(=O)C1=Cc1ccc(Br)cc1. The minimum atomic E-state index is -0.0285. The van der Waals surface area contributed by atoms with Gasteiger partial charge in [0.15, 0.2) is 11.6 Å². The van der Waals surface area contributed by atoms with E-state index in [1.807, 2.05) is 24.3 Å². The number of carbonyl (C=O) groups excluding carboxylic acids is 2. The monoisotopic (exact) mass is 278 g/mol. The minimum absolute atomic E-state index is 0.0285. The molecule has 0 atom stereocenters. The topological polar surface area (TPSA) is 34.1 Å². The fourth-order valence-electron chi connectivity index (χ4n) is 1.72. The third-order valence-corrected chi connectivity index (χ3v) is 3.12. The molecule has 0 N–H and O–H groups in total. The molecule has 1 fully saturated rings. The van der Waals surface area contributed by atoms with Crippen LogP contribution in [0.5, 0.6) is 0 Å². The van der Waals surface area contributed by atoms with Crippen molar-refractivity contribution >= 4 is 33.6 Å². The van der Waals surface area contributed by atoms with Gasteiger partial charge in [-0.25, -0.2) is 0 Å². The van der Waals surface area contributed by atoms with E-state index in [0.717, 1.165) is 10.0 Å². The fraction of sp³-hybridized carbons (Fsp3) is 0.231. The summed E-state index contributed by atoms with van der Waals surface area (Å²) in [5.74, 6) is -0.0571. The Morgan fingerprint density at radius 2 is 1.56 bits per heavy atom. The van der Waals surface area contributed by atoms with Crippen LogP contribution in [0, 0.1) is 0 Å². The first-order chi connectivity index (χ1) is 7.66. The summed E-state index contributed by atoms with van der Waals surface area (Å²) in [6.45, 7) is 0. The summed E-state index contributed by atoms with van der Waals surface area (Å²) in [6, 6.07) is 7.55. The Labute approximate surface area is 102 Å². The van der Waals surface area contributed by atoms with Gasteiger partial charge in [0.1, 0.15) is 0 Å². The summed E-state index contributed by atoms with van der Waals surface area (Å²) >= 11 is 3.34. The van der Waals surface area contributed by atoms with Crippen LogP contribution in [-0.2, 0) is 9.59 Å². The van der Waals surface area contributed by atoms with Gasteiger partial charge in [0, 0.05) is 17.3 Å². The average Bonchev–Trinajstić information content (AvgIpc) is 2.26. The van der Waals surface area contributed by atoms with Crippen molar-refractivity contribution < 1.29 is 9.59 Å². The molecular formula is C13H11BrO2. The second-order valence-corrected chi connectivity index (χ2v) is 4.73. The van der Waals surface area contributed by atoms with Crippen molar-refractivity contribution in [2.24, 2.45) is 0 Å². The molecule has 2 nitrogen and oxygen atoms in total. The smallest absolute Gasteiger partial charge is 0.166 e. The molecule has 0 amide bonds. The van der Waals surface area contributed by atoms with Crippen molar-refractivity contribution in [3.05, 3.63) is 39.9 Å². The summed E-state index contributed by atoms with van der Waals surface area (Å²) in [4.78, 5) is 23.2. The number of ketones is 2. The number of carbonyl (C=O) groups is 2. The van der Waals surface area contributed by atoms with E-state index < -0.39 is 0 Å². The van der Waals surface area contributed by atoms with Gasteiger partial charge < -0.3 is 0 Å². The molecule has 3 heteroatoms. The lowest BCUT2D eigenvalue weighted by atomic mass is 9.91. The van der Waals surface area contributed by atoms with Crippen molar-refractivity contribution in [1.29, 1.82) is 0 Å². The molecule has 1 saturated carbocycles. The van der Waals surface area contributed by atoms with Crippen LogP contribution in [0.2, 0.25) is 0 Å². The zero-order chi connectivity index (χ0) is 11.5. The minimum Gasteiger partial charge on any atom is -0.294 e. The molecule has 0 spiro atoms. The molecule has 16 heavy (non-hydrogen) atoms. The molecule has 1 aliphatic rings. The first kappa shape index (κ1) is 11.3. The number of Topliss-reactive ketones (excluding diaryl/α,β-unsaturated/α-hetero) is 2. The Morgan fingerprint density at radius 1 is 1.00 bits per heavy atom. The lowest BCUT2D eigenvalue weighted by Crippen LogP contribution is -2.18. The van der Waals surface area contributed by atoms with Gasteiger partial charge >= 0.3 is 0 Å². The highest BCUT2D eigenvalue weighted by molar-refractivity contribution is 9.10. The Kier molecular flexibility index (Phi) is 3.34. The summed E-state index contributed by atoms with van der Waals surface area (Å²) in [5.41, 5.74) is 1.25. The molecule has 0 bridgehead atoms. The van der Waals surface area contributed by atoms with Gasteiger partial charge in [-0.15, -0.1) is 0 Å². The van der Waals surface area contributed by atoms with E-state index in [9.17, 15) is 9.59 Å². The van der Waals surface area contributed by atoms with Gasteiger partial charge in [0.2, 0.25) is 0 Å². The van der Waals surface area contributed by atoms with Gasteiger partial charge in [-0.05, 0) is 30.2 Å². The molecule has 0 aliphatic heterocycles. The maximum Gasteiger partial charge on any atom is 0.166 e. The number of benzene rings is 1. The van der Waals surface area contributed by atoms with E-state index >= 15 is 0 Å². The molecule has 1 aromatic rings. The zero-order valence-electron chi connectivity index (χ0n) is 8.70. The molecule has 1 aliphatic carbocycles. The molecular weight excluding hydrogens is 268 g/mol. The van der Waals surface area contributed by atoms with Gasteiger partial charge in [-0.3, -0.25) is 9.59 Å². The molecule has 1 aromatic carbocycles. The Morgan fingerprint density at radius 3 is 2.12 bits per heavy atom. The molecule has 0 heterocycles. The van der Waals surface area contributed by atoms with Gasteiger partial charge in [-0.1, -0.05) is 28.1 Å². The predicted octanol–water partition coefficient (Wildman–Crippen LogP) is 3.15. The van der Waals surface area contributed by atoms with Crippen LogP contribution in [0.15, 0.2) is 34.3 Å². The highest BCUT2D eigenvalue weighted by Crippen LogP contribution is 2.20. The maximum atomic E-state index is 11.6. The normalized spacial score (nSPS) is 16.4. The van der Waals surface area contributed by atoms with E-state index in [2.05, 4.69) is 15.9 Å². The number of hydrogen-bond acceptors (Lipinski definition) is 2. The molecule has 0 saturated heterocycles.